The quantitative estimate of drug-likeness (QED) is 0.353. The monoisotopic (exact) mass is 535 g/mol. The molecule has 0 saturated carbocycles. The summed E-state index contributed by atoms with van der Waals surface area (Å²) in [6, 6.07) is 9.75. The third-order valence-corrected chi connectivity index (χ3v) is 7.74. The van der Waals surface area contributed by atoms with E-state index in [9.17, 15) is 29.3 Å². The van der Waals surface area contributed by atoms with Gasteiger partial charge in [0.15, 0.2) is 0 Å². The zero-order chi connectivity index (χ0) is 26.0. The number of benzene rings is 2. The molecule has 1 amide bonds. The summed E-state index contributed by atoms with van der Waals surface area (Å²) in [5, 5.41) is 19.5. The van der Waals surface area contributed by atoms with Crippen LogP contribution < -0.4 is 16.0 Å². The van der Waals surface area contributed by atoms with Crippen LogP contribution in [0.4, 0.5) is 24.2 Å². The van der Waals surface area contributed by atoms with Crippen molar-refractivity contribution in [3.8, 4) is 11.1 Å². The van der Waals surface area contributed by atoms with Crippen molar-refractivity contribution >= 4 is 16.3 Å². The lowest BCUT2D eigenvalue weighted by Gasteiger charge is -2.40. The first kappa shape index (κ1) is 26.6. The minimum absolute atomic E-state index is 0.269. The van der Waals surface area contributed by atoms with Crippen LogP contribution in [0.5, 0.6) is 0 Å². The average molecular weight is 536 g/mol. The lowest BCUT2D eigenvalue weighted by atomic mass is 9.98. The zero-order valence-corrected chi connectivity index (χ0v) is 20.3. The molecule has 2 fully saturated rings. The first-order valence-electron chi connectivity index (χ1n) is 11.8. The van der Waals surface area contributed by atoms with Crippen LogP contribution in [0, 0.1) is 0 Å². The van der Waals surface area contributed by atoms with Crippen molar-refractivity contribution < 1.29 is 34.1 Å². The predicted octanol–water partition coefficient (Wildman–Crippen LogP) is 5.12. The van der Waals surface area contributed by atoms with Crippen molar-refractivity contribution in [2.24, 2.45) is 0 Å². The number of hydrogen-bond donors (Lipinski definition) is 4. The maximum absolute atomic E-state index is 12.9. The second kappa shape index (κ2) is 9.47. The van der Waals surface area contributed by atoms with E-state index < -0.39 is 33.4 Å². The molecular weight excluding hydrogens is 505 g/mol. The van der Waals surface area contributed by atoms with E-state index >= 15 is 0 Å². The molecule has 0 aliphatic carbocycles. The van der Waals surface area contributed by atoms with Gasteiger partial charge in [0.1, 0.15) is 17.1 Å². The number of carbonyl (C=O) groups is 1. The highest BCUT2D eigenvalue weighted by Gasteiger charge is 2.65. The Labute approximate surface area is 206 Å². The van der Waals surface area contributed by atoms with Crippen LogP contribution >= 0.6 is 10.2 Å². The molecule has 2 aromatic carbocycles. The van der Waals surface area contributed by atoms with E-state index in [2.05, 4.69) is 16.0 Å². The molecule has 6 nitrogen and oxygen atoms in total. The minimum Gasteiger partial charge on any atom is -0.442 e. The largest absolute Gasteiger partial charge is 0.442 e. The van der Waals surface area contributed by atoms with E-state index in [0.717, 1.165) is 43.5 Å². The zero-order valence-electron chi connectivity index (χ0n) is 19.4. The van der Waals surface area contributed by atoms with Crippen molar-refractivity contribution in [2.45, 2.75) is 54.9 Å². The molecule has 0 spiro atoms. The van der Waals surface area contributed by atoms with Crippen LogP contribution in [0.3, 0.4) is 0 Å². The van der Waals surface area contributed by atoms with Gasteiger partial charge in [0, 0.05) is 19.1 Å². The molecule has 4 N–H and O–H groups in total. The maximum Gasteiger partial charge on any atom is 0.407 e. The molecule has 2 heterocycles. The number of alkyl carbamates (subject to hydrolysis) is 1. The van der Waals surface area contributed by atoms with E-state index in [1.54, 1.807) is 24.3 Å². The molecule has 1 unspecified atom stereocenters. The summed E-state index contributed by atoms with van der Waals surface area (Å²) in [5.41, 5.74) is 1.78. The molecule has 4 rings (SSSR count). The van der Waals surface area contributed by atoms with Crippen molar-refractivity contribution in [3.63, 3.8) is 0 Å². The number of hydrogen-bond acceptors (Lipinski definition) is 5. The predicted molar refractivity (Wildman–Crippen MR) is 129 cm³/mol. The number of halogens is 5. The Morgan fingerprint density at radius 3 is 2.22 bits per heavy atom. The van der Waals surface area contributed by atoms with Gasteiger partial charge in [0.05, 0.1) is 6.04 Å². The standard InChI is InChI=1S/C24H30F5N3O3S/c25-36(26,27,28,29)20-9-7-18(8-10-20)17-5-3-16(4-6-17)14-21-23(22(33)15-32-21)35-24(34)31-13-11-19-2-1-12-30-19/h3-10,19,21-23,30,32-33H,1-2,11-15H2,(H,31,34)/t19?,21-,22+,23+/m1/s1. The summed E-state index contributed by atoms with van der Waals surface area (Å²) < 4.78 is 70.1. The lowest BCUT2D eigenvalue weighted by molar-refractivity contribution is 0.0189. The molecular formula is C24H30F5N3O3S. The van der Waals surface area contributed by atoms with E-state index in [1.165, 1.54) is 0 Å². The summed E-state index contributed by atoms with van der Waals surface area (Å²) in [6.45, 7) is 1.73. The van der Waals surface area contributed by atoms with E-state index in [0.29, 0.717) is 42.3 Å². The third-order valence-electron chi connectivity index (χ3n) is 6.58. The molecule has 0 radical (unpaired) electrons. The van der Waals surface area contributed by atoms with Gasteiger partial charge >= 0.3 is 16.3 Å². The normalized spacial score (nSPS) is 26.3. The van der Waals surface area contributed by atoms with Crippen LogP contribution in [0.2, 0.25) is 0 Å². The number of amides is 1. The summed E-state index contributed by atoms with van der Waals surface area (Å²) in [5.74, 6) is 0. The Balaban J connectivity index is 1.33. The fourth-order valence-electron chi connectivity index (χ4n) is 4.63. The minimum atomic E-state index is -9.71. The van der Waals surface area contributed by atoms with Crippen molar-refractivity contribution in [1.82, 2.24) is 16.0 Å². The van der Waals surface area contributed by atoms with Gasteiger partial charge in [-0.2, -0.15) is 0 Å². The van der Waals surface area contributed by atoms with Gasteiger partial charge in [-0.15, -0.1) is 0 Å². The molecule has 12 heteroatoms. The van der Waals surface area contributed by atoms with Gasteiger partial charge in [-0.25, -0.2) is 4.79 Å². The topological polar surface area (TPSA) is 82.6 Å². The Morgan fingerprint density at radius 1 is 1.00 bits per heavy atom. The summed E-state index contributed by atoms with van der Waals surface area (Å²) >= 11 is 0. The molecule has 4 atom stereocenters. The van der Waals surface area contributed by atoms with Gasteiger partial charge in [0.25, 0.3) is 0 Å². The maximum atomic E-state index is 12.9. The van der Waals surface area contributed by atoms with Gasteiger partial charge < -0.3 is 25.8 Å². The Bertz CT molecular complexity index is 1060. The molecule has 0 aromatic heterocycles. The van der Waals surface area contributed by atoms with Crippen LogP contribution in [0.25, 0.3) is 11.1 Å². The second-order valence-electron chi connectivity index (χ2n) is 9.36. The SMILES string of the molecule is O=C(NCCC1CCCN1)O[C@@H]1[C@@H](O)CN[C@@H]1Cc1ccc(-c2ccc(S(F)(F)(F)(F)F)cc2)cc1. The highest BCUT2D eigenvalue weighted by Crippen LogP contribution is 3.02. The number of aliphatic hydroxyl groups excluding tert-OH is 1. The highest BCUT2D eigenvalue weighted by molar-refractivity contribution is 8.45. The average Bonchev–Trinajstić information content (AvgIpc) is 3.44. The number of nitrogens with one attached hydrogen (secondary N) is 3. The molecule has 2 aliphatic heterocycles. The molecule has 36 heavy (non-hydrogen) atoms. The van der Waals surface area contributed by atoms with E-state index in [1.807, 2.05) is 0 Å². The lowest BCUT2D eigenvalue weighted by Crippen LogP contribution is -2.42. The summed E-state index contributed by atoms with van der Waals surface area (Å²) in [6.07, 6.45) is 1.26. The number of β-amino-alcohol motifs (C(OH)–C–C–N with tert-alkyl or cyclic N) is 1. The van der Waals surface area contributed by atoms with Gasteiger partial charge in [-0.1, -0.05) is 55.8 Å². The fourth-order valence-corrected chi connectivity index (χ4v) is 5.28. The summed E-state index contributed by atoms with van der Waals surface area (Å²) in [7, 11) is -9.71. The first-order valence-corrected chi connectivity index (χ1v) is 13.8. The Hall–Kier alpha value is -2.41. The van der Waals surface area contributed by atoms with Crippen molar-refractivity contribution in [1.29, 1.82) is 0 Å². The van der Waals surface area contributed by atoms with Gasteiger partial charge in [-0.05, 0) is 61.1 Å². The van der Waals surface area contributed by atoms with E-state index in [4.69, 9.17) is 4.74 Å². The fraction of sp³-hybridized carbons (Fsp3) is 0.458. The van der Waals surface area contributed by atoms with Crippen molar-refractivity contribution in [2.75, 3.05) is 19.6 Å². The van der Waals surface area contributed by atoms with Gasteiger partial charge in [-0.3, -0.25) is 0 Å². The molecule has 2 aromatic rings. The first-order chi connectivity index (χ1) is 16.8. The molecule has 0 bridgehead atoms. The Morgan fingerprint density at radius 2 is 1.64 bits per heavy atom. The third kappa shape index (κ3) is 6.87. The van der Waals surface area contributed by atoms with Crippen molar-refractivity contribution in [3.05, 3.63) is 54.1 Å². The molecule has 2 aliphatic rings. The van der Waals surface area contributed by atoms with Crippen LogP contribution in [0.15, 0.2) is 53.4 Å². The van der Waals surface area contributed by atoms with Gasteiger partial charge in [0.2, 0.25) is 0 Å². The molecule has 2 saturated heterocycles. The number of carbonyl (C=O) groups excluding carboxylic acids is 1. The van der Waals surface area contributed by atoms with Crippen LogP contribution in [-0.4, -0.2) is 55.1 Å². The highest BCUT2D eigenvalue weighted by atomic mass is 32.5. The summed E-state index contributed by atoms with van der Waals surface area (Å²) in [4.78, 5) is 10.3. The molecule has 200 valence electrons. The second-order valence-corrected chi connectivity index (χ2v) is 11.8. The number of ether oxygens (including phenoxy) is 1. The smallest absolute Gasteiger partial charge is 0.407 e. The Kier molecular flexibility index (Phi) is 7.01. The van der Waals surface area contributed by atoms with Crippen LogP contribution in [-0.2, 0) is 11.2 Å². The van der Waals surface area contributed by atoms with E-state index in [-0.39, 0.29) is 12.6 Å². The number of aliphatic hydroxyl groups is 1. The van der Waals surface area contributed by atoms with Crippen LogP contribution in [0.1, 0.15) is 24.8 Å². The number of rotatable bonds is 8.